The van der Waals surface area contributed by atoms with Crippen molar-refractivity contribution in [2.24, 2.45) is 0 Å². The van der Waals surface area contributed by atoms with Gasteiger partial charge >= 0.3 is 0 Å². The number of hydrogen-bond donors (Lipinski definition) is 1. The van der Waals surface area contributed by atoms with Crippen LogP contribution in [0.25, 0.3) is 0 Å². The van der Waals surface area contributed by atoms with Crippen molar-refractivity contribution in [3.05, 3.63) is 94.3 Å². The van der Waals surface area contributed by atoms with Crippen LogP contribution in [0, 0.1) is 19.7 Å². The average molecular weight is 461 g/mol. The molecule has 8 heteroatoms. The second-order valence-electron chi connectivity index (χ2n) is 7.22. The summed E-state index contributed by atoms with van der Waals surface area (Å²) in [6.07, 6.45) is 0. The first kappa shape index (κ1) is 22.9. The molecule has 5 nitrogen and oxygen atoms in total. The Morgan fingerprint density at radius 2 is 1.65 bits per heavy atom. The summed E-state index contributed by atoms with van der Waals surface area (Å²) < 4.78 is 40.9. The third-order valence-corrected chi connectivity index (χ3v) is 6.77. The number of aryl methyl sites for hydroxylation is 2. The van der Waals surface area contributed by atoms with Crippen molar-refractivity contribution in [3.63, 3.8) is 0 Å². The lowest BCUT2D eigenvalue weighted by atomic mass is 10.2. The minimum Gasteiger partial charge on any atom is -0.325 e. The Morgan fingerprint density at radius 3 is 2.29 bits per heavy atom. The van der Waals surface area contributed by atoms with Gasteiger partial charge in [-0.15, -0.1) is 0 Å². The molecule has 0 spiro atoms. The van der Waals surface area contributed by atoms with Crippen molar-refractivity contribution >= 4 is 33.2 Å². The summed E-state index contributed by atoms with van der Waals surface area (Å²) in [6.45, 7) is 3.16. The van der Waals surface area contributed by atoms with Crippen LogP contribution in [0.15, 0.2) is 71.6 Å². The van der Waals surface area contributed by atoms with Crippen LogP contribution in [0.2, 0.25) is 5.02 Å². The van der Waals surface area contributed by atoms with E-state index in [1.807, 2.05) is 13.8 Å². The minimum atomic E-state index is -3.98. The highest BCUT2D eigenvalue weighted by Crippen LogP contribution is 2.22. The first-order valence-corrected chi connectivity index (χ1v) is 11.3. The Labute approximate surface area is 186 Å². The van der Waals surface area contributed by atoms with Gasteiger partial charge in [-0.1, -0.05) is 47.5 Å². The number of carbonyl (C=O) groups is 1. The Balaban J connectivity index is 1.89. The van der Waals surface area contributed by atoms with Crippen molar-refractivity contribution in [1.29, 1.82) is 0 Å². The van der Waals surface area contributed by atoms with Crippen molar-refractivity contribution in [2.45, 2.75) is 25.3 Å². The molecule has 0 fully saturated rings. The van der Waals surface area contributed by atoms with E-state index in [1.165, 1.54) is 36.4 Å². The molecule has 0 heterocycles. The molecule has 0 atom stereocenters. The highest BCUT2D eigenvalue weighted by Gasteiger charge is 2.27. The third-order valence-electron chi connectivity index (χ3n) is 4.72. The van der Waals surface area contributed by atoms with Gasteiger partial charge in [0.2, 0.25) is 15.9 Å². The molecule has 3 aromatic rings. The molecule has 0 saturated heterocycles. The number of anilines is 1. The fourth-order valence-electron chi connectivity index (χ4n) is 2.96. The fraction of sp³-hybridized carbons (Fsp3) is 0.174. The molecular weight excluding hydrogens is 439 g/mol. The van der Waals surface area contributed by atoms with Gasteiger partial charge in [0.15, 0.2) is 0 Å². The van der Waals surface area contributed by atoms with E-state index in [0.717, 1.165) is 15.4 Å². The maximum absolute atomic E-state index is 13.3. The molecule has 0 aliphatic heterocycles. The molecule has 1 N–H and O–H groups in total. The van der Waals surface area contributed by atoms with Crippen LogP contribution in [-0.2, 0) is 21.4 Å². The van der Waals surface area contributed by atoms with Crippen LogP contribution in [0.3, 0.4) is 0 Å². The number of nitrogens with one attached hydrogen (secondary N) is 1. The van der Waals surface area contributed by atoms with E-state index in [4.69, 9.17) is 11.6 Å². The van der Waals surface area contributed by atoms with E-state index >= 15 is 0 Å². The molecule has 162 valence electrons. The lowest BCUT2D eigenvalue weighted by molar-refractivity contribution is -0.116. The zero-order valence-electron chi connectivity index (χ0n) is 17.1. The molecule has 31 heavy (non-hydrogen) atoms. The monoisotopic (exact) mass is 460 g/mol. The first-order chi connectivity index (χ1) is 14.6. The van der Waals surface area contributed by atoms with Gasteiger partial charge in [-0.05, 0) is 61.4 Å². The first-order valence-electron chi connectivity index (χ1n) is 9.52. The van der Waals surface area contributed by atoms with E-state index in [9.17, 15) is 17.6 Å². The zero-order valence-corrected chi connectivity index (χ0v) is 18.7. The highest BCUT2D eigenvalue weighted by molar-refractivity contribution is 7.89. The Kier molecular flexibility index (Phi) is 7.10. The van der Waals surface area contributed by atoms with Crippen LogP contribution in [-0.4, -0.2) is 25.2 Å². The molecule has 0 unspecified atom stereocenters. The highest BCUT2D eigenvalue weighted by atomic mass is 35.5. The summed E-state index contributed by atoms with van der Waals surface area (Å²) in [5.41, 5.74) is 2.78. The lowest BCUT2D eigenvalue weighted by Crippen LogP contribution is -2.37. The minimum absolute atomic E-state index is 0.0759. The number of nitrogens with zero attached hydrogens (tertiary/aromatic N) is 1. The van der Waals surface area contributed by atoms with Gasteiger partial charge in [-0.25, -0.2) is 12.8 Å². The summed E-state index contributed by atoms with van der Waals surface area (Å²) >= 11 is 6.00. The van der Waals surface area contributed by atoms with Crippen LogP contribution >= 0.6 is 11.6 Å². The predicted molar refractivity (Wildman–Crippen MR) is 120 cm³/mol. The molecule has 0 aliphatic rings. The molecule has 0 aromatic heterocycles. The van der Waals surface area contributed by atoms with Crippen LogP contribution in [0.4, 0.5) is 10.1 Å². The zero-order chi connectivity index (χ0) is 22.6. The number of benzene rings is 3. The predicted octanol–water partition coefficient (Wildman–Crippen LogP) is 4.93. The van der Waals surface area contributed by atoms with Crippen LogP contribution in [0.5, 0.6) is 0 Å². The Hall–Kier alpha value is -2.74. The maximum Gasteiger partial charge on any atom is 0.243 e. The summed E-state index contributed by atoms with van der Waals surface area (Å²) in [7, 11) is -3.98. The Morgan fingerprint density at radius 1 is 1.00 bits per heavy atom. The normalized spacial score (nSPS) is 11.5. The average Bonchev–Trinajstić information content (AvgIpc) is 2.72. The van der Waals surface area contributed by atoms with E-state index in [1.54, 1.807) is 30.3 Å². The summed E-state index contributed by atoms with van der Waals surface area (Å²) in [5, 5.41) is 3.17. The summed E-state index contributed by atoms with van der Waals surface area (Å²) in [4.78, 5) is 12.8. The third kappa shape index (κ3) is 5.91. The molecule has 3 aromatic carbocycles. The fourth-order valence-corrected chi connectivity index (χ4v) is 4.51. The molecule has 1 amide bonds. The number of hydrogen-bond acceptors (Lipinski definition) is 3. The van der Waals surface area contributed by atoms with Gasteiger partial charge in [-0.3, -0.25) is 4.79 Å². The standard InChI is InChI=1S/C23H22ClFN2O3S/c1-16-3-11-21(12-4-16)31(29,30)27(14-18-6-9-20(25)10-7-18)15-23(28)26-22-13-19(24)8-5-17(22)2/h3-13H,14-15H2,1-2H3,(H,26,28). The summed E-state index contributed by atoms with van der Waals surface area (Å²) in [6, 6.07) is 16.9. The Bertz CT molecular complexity index is 1180. The molecule has 3 rings (SSSR count). The van der Waals surface area contributed by atoms with Gasteiger partial charge in [-0.2, -0.15) is 4.31 Å². The van der Waals surface area contributed by atoms with Crippen molar-refractivity contribution < 1.29 is 17.6 Å². The van der Waals surface area contributed by atoms with Gasteiger partial charge in [0.1, 0.15) is 5.82 Å². The van der Waals surface area contributed by atoms with Crippen molar-refractivity contribution in [2.75, 3.05) is 11.9 Å². The number of sulfonamides is 1. The maximum atomic E-state index is 13.3. The smallest absolute Gasteiger partial charge is 0.243 e. The van der Waals surface area contributed by atoms with E-state index < -0.39 is 28.3 Å². The molecule has 0 aliphatic carbocycles. The van der Waals surface area contributed by atoms with Gasteiger partial charge in [0.05, 0.1) is 11.4 Å². The van der Waals surface area contributed by atoms with Gasteiger partial charge in [0, 0.05) is 17.3 Å². The second-order valence-corrected chi connectivity index (χ2v) is 9.59. The number of rotatable bonds is 7. The molecule has 0 bridgehead atoms. The molecular formula is C23H22ClFN2O3S. The van der Waals surface area contributed by atoms with Crippen molar-refractivity contribution in [1.82, 2.24) is 4.31 Å². The quantitative estimate of drug-likeness (QED) is 0.544. The summed E-state index contributed by atoms with van der Waals surface area (Å²) in [5.74, 6) is -0.936. The van der Waals surface area contributed by atoms with Crippen LogP contribution < -0.4 is 5.32 Å². The topological polar surface area (TPSA) is 66.5 Å². The second kappa shape index (κ2) is 9.60. The largest absolute Gasteiger partial charge is 0.325 e. The SMILES string of the molecule is Cc1ccc(S(=O)(=O)N(CC(=O)Nc2cc(Cl)ccc2C)Cc2ccc(F)cc2)cc1. The number of carbonyl (C=O) groups excluding carboxylic acids is 1. The number of halogens is 2. The van der Waals surface area contributed by atoms with E-state index in [0.29, 0.717) is 16.3 Å². The van der Waals surface area contributed by atoms with Gasteiger partial charge in [0.25, 0.3) is 0 Å². The van der Waals surface area contributed by atoms with Gasteiger partial charge < -0.3 is 5.32 Å². The number of amides is 1. The van der Waals surface area contributed by atoms with E-state index in [2.05, 4.69) is 5.32 Å². The molecule has 0 saturated carbocycles. The molecule has 0 radical (unpaired) electrons. The van der Waals surface area contributed by atoms with E-state index in [-0.39, 0.29) is 11.4 Å². The lowest BCUT2D eigenvalue weighted by Gasteiger charge is -2.22. The van der Waals surface area contributed by atoms with Crippen molar-refractivity contribution in [3.8, 4) is 0 Å². The van der Waals surface area contributed by atoms with Crippen LogP contribution in [0.1, 0.15) is 16.7 Å².